The second-order valence-corrected chi connectivity index (χ2v) is 5.44. The molecule has 3 rings (SSSR count). The van der Waals surface area contributed by atoms with Gasteiger partial charge in [0.1, 0.15) is 0 Å². The van der Waals surface area contributed by atoms with Crippen molar-refractivity contribution in [3.8, 4) is 0 Å². The number of hydrogen-bond acceptors (Lipinski definition) is 1. The third-order valence-corrected chi connectivity index (χ3v) is 4.25. The van der Waals surface area contributed by atoms with E-state index in [2.05, 4.69) is 53.8 Å². The molecule has 2 nitrogen and oxygen atoms in total. The van der Waals surface area contributed by atoms with Gasteiger partial charge < -0.3 is 5.32 Å². The molecule has 20 heavy (non-hydrogen) atoms. The Labute approximate surface area is 119 Å². The smallest absolute Gasteiger partial charge is 0.220 e. The summed E-state index contributed by atoms with van der Waals surface area (Å²) in [5.41, 5.74) is 2.47. The molecule has 2 heteroatoms. The lowest BCUT2D eigenvalue weighted by Gasteiger charge is -2.34. The maximum Gasteiger partial charge on any atom is 0.220 e. The topological polar surface area (TPSA) is 29.1 Å². The molecular weight excluding hydrogens is 246 g/mol. The molecule has 0 atom stereocenters. The first-order chi connectivity index (χ1) is 9.81. The maximum absolute atomic E-state index is 11.7. The number of carbonyl (C=O) groups excluding carboxylic acids is 1. The molecule has 2 aromatic rings. The van der Waals surface area contributed by atoms with Crippen molar-refractivity contribution in [2.45, 2.75) is 24.7 Å². The zero-order valence-electron chi connectivity index (χ0n) is 11.5. The van der Waals surface area contributed by atoms with Crippen molar-refractivity contribution in [1.82, 2.24) is 5.32 Å². The standard InChI is InChI=1S/C18H19NO/c20-17-12-7-13-18(14-19-17,15-8-3-1-4-9-15)16-10-5-2-6-11-16/h1-6,8-11H,7,12-14H2,(H,19,20). The van der Waals surface area contributed by atoms with E-state index in [1.807, 2.05) is 12.1 Å². The Morgan fingerprint density at radius 1 is 0.850 bits per heavy atom. The van der Waals surface area contributed by atoms with Crippen molar-refractivity contribution in [2.24, 2.45) is 0 Å². The third-order valence-electron chi connectivity index (χ3n) is 4.25. The molecule has 2 aromatic carbocycles. The van der Waals surface area contributed by atoms with E-state index in [9.17, 15) is 4.79 Å². The van der Waals surface area contributed by atoms with Gasteiger partial charge in [0.15, 0.2) is 0 Å². The van der Waals surface area contributed by atoms with Crippen LogP contribution in [0.1, 0.15) is 30.4 Å². The highest BCUT2D eigenvalue weighted by molar-refractivity contribution is 5.76. The molecule has 0 spiro atoms. The van der Waals surface area contributed by atoms with Crippen LogP contribution in [0.15, 0.2) is 60.7 Å². The first kappa shape index (κ1) is 12.9. The van der Waals surface area contributed by atoms with Gasteiger partial charge in [0.25, 0.3) is 0 Å². The van der Waals surface area contributed by atoms with Crippen molar-refractivity contribution >= 4 is 5.91 Å². The van der Waals surface area contributed by atoms with Gasteiger partial charge in [-0.2, -0.15) is 0 Å². The fourth-order valence-corrected chi connectivity index (χ4v) is 3.15. The Bertz CT molecular complexity index is 537. The van der Waals surface area contributed by atoms with Crippen LogP contribution in [0.4, 0.5) is 0 Å². The number of benzene rings is 2. The van der Waals surface area contributed by atoms with E-state index in [1.165, 1.54) is 11.1 Å². The lowest BCUT2D eigenvalue weighted by atomic mass is 9.71. The summed E-state index contributed by atoms with van der Waals surface area (Å²) in [6.45, 7) is 0.680. The molecule has 1 heterocycles. The summed E-state index contributed by atoms with van der Waals surface area (Å²) >= 11 is 0. The predicted octanol–water partition coefficient (Wildman–Crippen LogP) is 3.27. The van der Waals surface area contributed by atoms with Crippen LogP contribution in [0, 0.1) is 0 Å². The van der Waals surface area contributed by atoms with Gasteiger partial charge in [0, 0.05) is 18.4 Å². The maximum atomic E-state index is 11.7. The van der Waals surface area contributed by atoms with E-state index in [0.29, 0.717) is 13.0 Å². The van der Waals surface area contributed by atoms with E-state index < -0.39 is 0 Å². The quantitative estimate of drug-likeness (QED) is 0.887. The molecule has 1 aliphatic heterocycles. The zero-order chi connectivity index (χ0) is 13.8. The minimum absolute atomic E-state index is 0.103. The number of hydrogen-bond donors (Lipinski definition) is 1. The Morgan fingerprint density at radius 2 is 1.40 bits per heavy atom. The molecule has 0 saturated carbocycles. The third kappa shape index (κ3) is 2.34. The highest BCUT2D eigenvalue weighted by Crippen LogP contribution is 2.37. The number of nitrogens with one attached hydrogen (secondary N) is 1. The van der Waals surface area contributed by atoms with Crippen LogP contribution >= 0.6 is 0 Å². The van der Waals surface area contributed by atoms with Gasteiger partial charge in [-0.25, -0.2) is 0 Å². The Hall–Kier alpha value is -2.09. The van der Waals surface area contributed by atoms with Gasteiger partial charge in [-0.3, -0.25) is 4.79 Å². The van der Waals surface area contributed by atoms with Gasteiger partial charge in [-0.1, -0.05) is 60.7 Å². The van der Waals surface area contributed by atoms with Crippen molar-refractivity contribution in [1.29, 1.82) is 0 Å². The molecule has 0 unspecified atom stereocenters. The van der Waals surface area contributed by atoms with Gasteiger partial charge in [-0.05, 0) is 24.0 Å². The summed E-state index contributed by atoms with van der Waals surface area (Å²) in [5, 5.41) is 3.09. The molecule has 102 valence electrons. The summed E-state index contributed by atoms with van der Waals surface area (Å²) in [4.78, 5) is 11.7. The fourth-order valence-electron chi connectivity index (χ4n) is 3.15. The highest BCUT2D eigenvalue weighted by atomic mass is 16.1. The monoisotopic (exact) mass is 265 g/mol. The zero-order valence-corrected chi connectivity index (χ0v) is 11.5. The van der Waals surface area contributed by atoms with Crippen molar-refractivity contribution in [3.05, 3.63) is 71.8 Å². The molecular formula is C18H19NO. The van der Waals surface area contributed by atoms with E-state index in [0.717, 1.165) is 12.8 Å². The van der Waals surface area contributed by atoms with Crippen LogP contribution in [0.25, 0.3) is 0 Å². The number of amides is 1. The first-order valence-electron chi connectivity index (χ1n) is 7.19. The van der Waals surface area contributed by atoms with Crippen LogP contribution in [0.5, 0.6) is 0 Å². The van der Waals surface area contributed by atoms with Crippen LogP contribution in [-0.2, 0) is 10.2 Å². The van der Waals surface area contributed by atoms with Crippen molar-refractivity contribution < 1.29 is 4.79 Å². The van der Waals surface area contributed by atoms with E-state index in [-0.39, 0.29) is 11.3 Å². The average molecular weight is 265 g/mol. The van der Waals surface area contributed by atoms with Crippen molar-refractivity contribution in [2.75, 3.05) is 6.54 Å². The molecule has 1 fully saturated rings. The summed E-state index contributed by atoms with van der Waals surface area (Å²) in [5.74, 6) is 0.165. The molecule has 1 aliphatic rings. The molecule has 1 amide bonds. The molecule has 1 N–H and O–H groups in total. The second kappa shape index (κ2) is 5.49. The summed E-state index contributed by atoms with van der Waals surface area (Å²) < 4.78 is 0. The largest absolute Gasteiger partial charge is 0.355 e. The molecule has 0 bridgehead atoms. The number of carbonyl (C=O) groups is 1. The molecule has 0 aromatic heterocycles. The Morgan fingerprint density at radius 3 is 1.95 bits per heavy atom. The van der Waals surface area contributed by atoms with Crippen LogP contribution in [0.2, 0.25) is 0 Å². The Balaban J connectivity index is 2.10. The van der Waals surface area contributed by atoms with Gasteiger partial charge in [-0.15, -0.1) is 0 Å². The molecule has 0 radical (unpaired) electrons. The lowest BCUT2D eigenvalue weighted by molar-refractivity contribution is -0.120. The van der Waals surface area contributed by atoms with E-state index >= 15 is 0 Å². The summed E-state index contributed by atoms with van der Waals surface area (Å²) in [6.07, 6.45) is 2.55. The van der Waals surface area contributed by atoms with Crippen LogP contribution in [-0.4, -0.2) is 12.5 Å². The first-order valence-corrected chi connectivity index (χ1v) is 7.19. The van der Waals surface area contributed by atoms with Crippen LogP contribution in [0.3, 0.4) is 0 Å². The van der Waals surface area contributed by atoms with E-state index in [4.69, 9.17) is 0 Å². The fraction of sp³-hybridized carbons (Fsp3) is 0.278. The van der Waals surface area contributed by atoms with Crippen LogP contribution < -0.4 is 5.32 Å². The van der Waals surface area contributed by atoms with Crippen molar-refractivity contribution in [3.63, 3.8) is 0 Å². The highest BCUT2D eigenvalue weighted by Gasteiger charge is 2.35. The normalized spacial score (nSPS) is 18.1. The summed E-state index contributed by atoms with van der Waals surface area (Å²) in [7, 11) is 0. The minimum atomic E-state index is -0.103. The number of rotatable bonds is 2. The van der Waals surface area contributed by atoms with Gasteiger partial charge in [0.05, 0.1) is 0 Å². The van der Waals surface area contributed by atoms with Gasteiger partial charge >= 0.3 is 0 Å². The SMILES string of the molecule is O=C1CCCC(c2ccccc2)(c2ccccc2)CN1. The second-order valence-electron chi connectivity index (χ2n) is 5.44. The lowest BCUT2D eigenvalue weighted by Crippen LogP contribution is -2.39. The summed E-state index contributed by atoms with van der Waals surface area (Å²) in [6, 6.07) is 21.1. The molecule has 0 aliphatic carbocycles. The minimum Gasteiger partial charge on any atom is -0.355 e. The Kier molecular flexibility index (Phi) is 3.55. The average Bonchev–Trinajstić information content (AvgIpc) is 2.72. The van der Waals surface area contributed by atoms with E-state index in [1.54, 1.807) is 0 Å². The molecule has 1 saturated heterocycles. The predicted molar refractivity (Wildman–Crippen MR) is 80.5 cm³/mol. The van der Waals surface area contributed by atoms with Gasteiger partial charge in [0.2, 0.25) is 5.91 Å².